The Balaban J connectivity index is 1.44. The van der Waals surface area contributed by atoms with Gasteiger partial charge in [-0.1, -0.05) is 27.7 Å². The highest BCUT2D eigenvalue weighted by atomic mass is 16.5. The van der Waals surface area contributed by atoms with E-state index in [0.29, 0.717) is 61.9 Å². The summed E-state index contributed by atoms with van der Waals surface area (Å²) < 4.78 is 11.8. The van der Waals surface area contributed by atoms with Crippen LogP contribution in [0.1, 0.15) is 94.1 Å². The summed E-state index contributed by atoms with van der Waals surface area (Å²) in [5, 5.41) is 22.0. The molecule has 1 aromatic rings. The lowest BCUT2D eigenvalue weighted by Gasteiger charge is -2.64. The molecule has 2 fully saturated rings. The van der Waals surface area contributed by atoms with E-state index in [1.54, 1.807) is 11.0 Å². The third-order valence-corrected chi connectivity index (χ3v) is 10.5. The van der Waals surface area contributed by atoms with Crippen molar-refractivity contribution >= 4 is 11.9 Å². The molecule has 1 aromatic carbocycles. The van der Waals surface area contributed by atoms with E-state index in [0.717, 1.165) is 36.8 Å². The monoisotopic (exact) mass is 499 g/mol. The van der Waals surface area contributed by atoms with E-state index in [4.69, 9.17) is 9.47 Å². The number of aliphatic hydroxyl groups is 1. The number of hydrogen-bond acceptors (Lipinski definition) is 6. The lowest BCUT2D eigenvalue weighted by molar-refractivity contribution is -0.210. The van der Waals surface area contributed by atoms with Gasteiger partial charge in [0.05, 0.1) is 25.3 Å². The average Bonchev–Trinajstić information content (AvgIpc) is 3.39. The van der Waals surface area contributed by atoms with E-state index in [2.05, 4.69) is 27.7 Å². The van der Waals surface area contributed by atoms with Crippen LogP contribution in [0.2, 0.25) is 0 Å². The fourth-order valence-corrected chi connectivity index (χ4v) is 8.18. The maximum atomic E-state index is 13.2. The van der Waals surface area contributed by atoms with Crippen LogP contribution in [0.3, 0.4) is 0 Å². The number of phenols is 1. The molecule has 36 heavy (non-hydrogen) atoms. The van der Waals surface area contributed by atoms with Crippen molar-refractivity contribution in [3.63, 3.8) is 0 Å². The fraction of sp³-hybridized carbons (Fsp3) is 0.724. The summed E-state index contributed by atoms with van der Waals surface area (Å²) in [4.78, 5) is 26.4. The number of aliphatic hydroxyl groups excluding tert-OH is 1. The van der Waals surface area contributed by atoms with E-state index in [9.17, 15) is 19.8 Å². The van der Waals surface area contributed by atoms with Crippen molar-refractivity contribution in [2.45, 2.75) is 97.3 Å². The molecule has 4 aliphatic rings. The minimum atomic E-state index is -0.473. The Morgan fingerprint density at radius 2 is 1.94 bits per heavy atom. The third kappa shape index (κ3) is 3.48. The molecule has 0 aromatic heterocycles. The lowest BCUT2D eigenvalue weighted by atomic mass is 9.43. The van der Waals surface area contributed by atoms with Gasteiger partial charge in [0.2, 0.25) is 0 Å². The second-order valence-electron chi connectivity index (χ2n) is 12.5. The molecule has 1 spiro atoms. The minimum Gasteiger partial charge on any atom is -0.508 e. The Kier molecular flexibility index (Phi) is 6.09. The van der Waals surface area contributed by atoms with Gasteiger partial charge in [-0.3, -0.25) is 9.59 Å². The van der Waals surface area contributed by atoms with Gasteiger partial charge in [-0.15, -0.1) is 0 Å². The van der Waals surface area contributed by atoms with Crippen LogP contribution in [0.15, 0.2) is 6.07 Å². The Bertz CT molecular complexity index is 1080. The number of benzene rings is 1. The molecular weight excluding hydrogens is 458 g/mol. The number of carbonyl (C=O) groups excluding carboxylic acids is 2. The summed E-state index contributed by atoms with van der Waals surface area (Å²) in [6.45, 7) is 10.00. The average molecular weight is 500 g/mol. The molecule has 2 saturated carbocycles. The molecule has 7 nitrogen and oxygen atoms in total. The first-order valence-corrected chi connectivity index (χ1v) is 13.6. The topological polar surface area (TPSA) is 96.3 Å². The molecule has 2 N–H and O–H groups in total. The van der Waals surface area contributed by atoms with Crippen LogP contribution < -0.4 is 4.74 Å². The Hall–Kier alpha value is -2.28. The zero-order valence-corrected chi connectivity index (χ0v) is 22.4. The minimum absolute atomic E-state index is 0.0894. The number of esters is 1. The summed E-state index contributed by atoms with van der Waals surface area (Å²) in [7, 11) is 1.38. The van der Waals surface area contributed by atoms with Gasteiger partial charge < -0.3 is 24.6 Å². The fourth-order valence-electron chi connectivity index (χ4n) is 8.18. The van der Waals surface area contributed by atoms with E-state index in [-0.39, 0.29) is 34.6 Å². The molecule has 0 saturated heterocycles. The third-order valence-electron chi connectivity index (χ3n) is 10.5. The molecule has 0 radical (unpaired) electrons. The van der Waals surface area contributed by atoms with Gasteiger partial charge in [-0.25, -0.2) is 0 Å². The highest BCUT2D eigenvalue weighted by Crippen LogP contribution is 2.67. The predicted octanol–water partition coefficient (Wildman–Crippen LogP) is 4.60. The standard InChI is InChI=1S/C29H41NO6/c1-17-9-10-22-27(2,3)23(32)11-12-28(22,4)29(17)15-19-21(31)14-18-20(25(19)36-29)16-30(26(18)34)13-7-6-8-24(33)35-5/h14,17,22-23,31-32H,6-13,15-16H2,1-5H3/t17-,22+,23-,28+,29-/m1/s1. The lowest BCUT2D eigenvalue weighted by Crippen LogP contribution is -2.66. The van der Waals surface area contributed by atoms with Gasteiger partial charge >= 0.3 is 5.97 Å². The number of methoxy groups -OCH3 is 1. The molecule has 5 rings (SSSR count). The smallest absolute Gasteiger partial charge is 0.305 e. The van der Waals surface area contributed by atoms with Crippen LogP contribution >= 0.6 is 0 Å². The first kappa shape index (κ1) is 25.4. The number of fused-ring (bicyclic) bond motifs is 5. The van der Waals surface area contributed by atoms with Crippen LogP contribution in [-0.4, -0.2) is 52.3 Å². The molecule has 0 bridgehead atoms. The van der Waals surface area contributed by atoms with E-state index in [1.807, 2.05) is 0 Å². The van der Waals surface area contributed by atoms with Crippen molar-refractivity contribution in [2.24, 2.45) is 22.7 Å². The van der Waals surface area contributed by atoms with Gasteiger partial charge in [0.1, 0.15) is 17.1 Å². The maximum absolute atomic E-state index is 13.2. The van der Waals surface area contributed by atoms with Crippen molar-refractivity contribution in [1.82, 2.24) is 4.90 Å². The van der Waals surface area contributed by atoms with Gasteiger partial charge in [-0.05, 0) is 61.8 Å². The predicted molar refractivity (Wildman–Crippen MR) is 135 cm³/mol. The molecule has 2 aliphatic heterocycles. The molecule has 198 valence electrons. The van der Waals surface area contributed by atoms with Crippen LogP contribution in [0.4, 0.5) is 0 Å². The van der Waals surface area contributed by atoms with Crippen LogP contribution in [-0.2, 0) is 22.5 Å². The highest BCUT2D eigenvalue weighted by molar-refractivity contribution is 6.00. The van der Waals surface area contributed by atoms with Crippen molar-refractivity contribution in [2.75, 3.05) is 13.7 Å². The van der Waals surface area contributed by atoms with Crippen molar-refractivity contribution < 1.29 is 29.3 Å². The highest BCUT2D eigenvalue weighted by Gasteiger charge is 2.67. The Morgan fingerprint density at radius 3 is 2.67 bits per heavy atom. The number of amides is 1. The first-order valence-electron chi connectivity index (χ1n) is 13.6. The molecular formula is C29H41NO6. The van der Waals surface area contributed by atoms with E-state index < -0.39 is 5.60 Å². The second-order valence-corrected chi connectivity index (χ2v) is 12.5. The number of aromatic hydroxyl groups is 1. The summed E-state index contributed by atoms with van der Waals surface area (Å²) in [6.07, 6.45) is 5.73. The number of carbonyl (C=O) groups is 2. The number of phenolic OH excluding ortho intramolecular Hbond substituents is 1. The van der Waals surface area contributed by atoms with Gasteiger partial charge in [0.15, 0.2) is 0 Å². The first-order chi connectivity index (χ1) is 17.0. The molecule has 1 amide bonds. The van der Waals surface area contributed by atoms with Crippen LogP contribution in [0.25, 0.3) is 0 Å². The number of hydrogen-bond donors (Lipinski definition) is 2. The number of unbranched alkanes of at least 4 members (excludes halogenated alkanes) is 1. The summed E-state index contributed by atoms with van der Waals surface area (Å²) in [5.41, 5.74) is 1.40. The molecule has 5 atom stereocenters. The van der Waals surface area contributed by atoms with Gasteiger partial charge in [0.25, 0.3) is 5.91 Å². The van der Waals surface area contributed by atoms with Crippen molar-refractivity contribution in [1.29, 1.82) is 0 Å². The Morgan fingerprint density at radius 1 is 1.19 bits per heavy atom. The van der Waals surface area contributed by atoms with Gasteiger partial charge in [0, 0.05) is 35.9 Å². The molecule has 2 aliphatic carbocycles. The maximum Gasteiger partial charge on any atom is 0.305 e. The quantitative estimate of drug-likeness (QED) is 0.454. The van der Waals surface area contributed by atoms with E-state index >= 15 is 0 Å². The molecule has 0 unspecified atom stereocenters. The second kappa shape index (κ2) is 8.64. The zero-order valence-electron chi connectivity index (χ0n) is 22.4. The van der Waals surface area contributed by atoms with Crippen LogP contribution in [0.5, 0.6) is 11.5 Å². The normalized spacial score (nSPS) is 34.2. The number of ether oxygens (including phenoxy) is 2. The SMILES string of the molecule is COC(=O)CCCCN1Cc2c(cc(O)c3c2O[C@]2(C3)[C@H](C)CC[C@H]3C(C)(C)[C@H](O)CC[C@@]32C)C1=O. The van der Waals surface area contributed by atoms with E-state index in [1.165, 1.54) is 7.11 Å². The summed E-state index contributed by atoms with van der Waals surface area (Å²) in [5.74, 6) is 1.12. The summed E-state index contributed by atoms with van der Waals surface area (Å²) >= 11 is 0. The molecule has 2 heterocycles. The largest absolute Gasteiger partial charge is 0.508 e. The summed E-state index contributed by atoms with van der Waals surface area (Å²) in [6, 6.07) is 1.63. The van der Waals surface area contributed by atoms with Gasteiger partial charge in [-0.2, -0.15) is 0 Å². The van der Waals surface area contributed by atoms with Crippen molar-refractivity contribution in [3.8, 4) is 11.5 Å². The Labute approximate surface area is 214 Å². The van der Waals surface area contributed by atoms with Crippen LogP contribution in [0, 0.1) is 22.7 Å². The molecule has 7 heteroatoms. The number of rotatable bonds is 5. The number of nitrogens with zero attached hydrogens (tertiary/aromatic N) is 1. The van der Waals surface area contributed by atoms with Crippen molar-refractivity contribution in [3.05, 3.63) is 22.8 Å². The zero-order chi connectivity index (χ0) is 26.0.